The van der Waals surface area contributed by atoms with Crippen LogP contribution in [0, 0.1) is 5.92 Å². The highest BCUT2D eigenvalue weighted by Crippen LogP contribution is 2.25. The Morgan fingerprint density at radius 1 is 1.20 bits per heavy atom. The van der Waals surface area contributed by atoms with Gasteiger partial charge in [-0.3, -0.25) is 14.7 Å². The van der Waals surface area contributed by atoms with Crippen LogP contribution in [-0.4, -0.2) is 66.5 Å². The number of carbonyl (C=O) groups is 1. The standard InChI is InChI=1S/C23H37N5O.HI/c1-4-22(29)27-12-11-21(17-27)26-23(24-5-2)25-14-20-13-18(3)28(16-20)15-19-9-7-6-8-10-19;/h6-10,18,20-21H,4-5,11-17H2,1-3H3,(H2,24,25,26);1H. The van der Waals surface area contributed by atoms with Gasteiger partial charge in [0.05, 0.1) is 0 Å². The first-order valence-corrected chi connectivity index (χ1v) is 11.2. The maximum absolute atomic E-state index is 11.9. The van der Waals surface area contributed by atoms with Gasteiger partial charge in [0.1, 0.15) is 0 Å². The highest BCUT2D eigenvalue weighted by atomic mass is 127. The van der Waals surface area contributed by atoms with Crippen molar-refractivity contribution in [2.45, 2.75) is 58.7 Å². The second-order valence-corrected chi connectivity index (χ2v) is 8.41. The minimum Gasteiger partial charge on any atom is -0.357 e. The molecule has 0 aromatic heterocycles. The van der Waals surface area contributed by atoms with Crippen molar-refractivity contribution in [1.29, 1.82) is 0 Å². The van der Waals surface area contributed by atoms with Gasteiger partial charge in [-0.05, 0) is 38.2 Å². The molecule has 3 atom stereocenters. The Balaban J connectivity index is 0.00000320. The van der Waals surface area contributed by atoms with Crippen molar-refractivity contribution >= 4 is 35.8 Å². The molecule has 2 N–H and O–H groups in total. The molecule has 0 aliphatic carbocycles. The van der Waals surface area contributed by atoms with Crippen molar-refractivity contribution in [1.82, 2.24) is 20.4 Å². The summed E-state index contributed by atoms with van der Waals surface area (Å²) in [6, 6.07) is 11.6. The average molecular weight is 527 g/mol. The minimum atomic E-state index is 0. The van der Waals surface area contributed by atoms with Crippen LogP contribution in [0.15, 0.2) is 35.3 Å². The number of benzene rings is 1. The normalized spacial score (nSPS) is 24.6. The fraction of sp³-hybridized carbons (Fsp3) is 0.652. The molecular weight excluding hydrogens is 489 g/mol. The van der Waals surface area contributed by atoms with E-state index >= 15 is 0 Å². The molecule has 0 saturated carbocycles. The third kappa shape index (κ3) is 7.11. The highest BCUT2D eigenvalue weighted by Gasteiger charge is 2.29. The van der Waals surface area contributed by atoms with Gasteiger partial charge in [0, 0.05) is 57.8 Å². The largest absolute Gasteiger partial charge is 0.357 e. The number of aliphatic imine (C=N–C) groups is 1. The fourth-order valence-corrected chi connectivity index (χ4v) is 4.45. The molecule has 1 aromatic rings. The summed E-state index contributed by atoms with van der Waals surface area (Å²) in [5.41, 5.74) is 1.38. The Morgan fingerprint density at radius 2 is 1.97 bits per heavy atom. The average Bonchev–Trinajstić information content (AvgIpc) is 3.33. The lowest BCUT2D eigenvalue weighted by atomic mass is 10.1. The third-order valence-corrected chi connectivity index (χ3v) is 6.06. The zero-order chi connectivity index (χ0) is 20.6. The predicted molar refractivity (Wildman–Crippen MR) is 134 cm³/mol. The van der Waals surface area contributed by atoms with Crippen molar-refractivity contribution in [3.8, 4) is 0 Å². The van der Waals surface area contributed by atoms with Crippen molar-refractivity contribution in [2.75, 3.05) is 32.7 Å². The van der Waals surface area contributed by atoms with E-state index in [4.69, 9.17) is 4.99 Å². The smallest absolute Gasteiger partial charge is 0.222 e. The molecule has 0 radical (unpaired) electrons. The summed E-state index contributed by atoms with van der Waals surface area (Å²) in [6.45, 7) is 11.8. The van der Waals surface area contributed by atoms with Crippen molar-refractivity contribution in [2.24, 2.45) is 10.9 Å². The van der Waals surface area contributed by atoms with Gasteiger partial charge < -0.3 is 15.5 Å². The first-order chi connectivity index (χ1) is 14.1. The van der Waals surface area contributed by atoms with E-state index in [-0.39, 0.29) is 29.9 Å². The van der Waals surface area contributed by atoms with Crippen LogP contribution in [0.2, 0.25) is 0 Å². The number of carbonyl (C=O) groups excluding carboxylic acids is 1. The Labute approximate surface area is 198 Å². The molecule has 1 amide bonds. The van der Waals surface area contributed by atoms with Crippen LogP contribution >= 0.6 is 24.0 Å². The number of amides is 1. The van der Waals surface area contributed by atoms with E-state index in [2.05, 4.69) is 59.7 Å². The highest BCUT2D eigenvalue weighted by molar-refractivity contribution is 14.0. The number of halogens is 1. The molecule has 2 saturated heterocycles. The molecule has 2 fully saturated rings. The van der Waals surface area contributed by atoms with E-state index in [1.54, 1.807) is 0 Å². The van der Waals surface area contributed by atoms with E-state index in [0.717, 1.165) is 51.6 Å². The molecule has 168 valence electrons. The first-order valence-electron chi connectivity index (χ1n) is 11.2. The molecule has 0 bridgehead atoms. The van der Waals surface area contributed by atoms with E-state index in [9.17, 15) is 4.79 Å². The van der Waals surface area contributed by atoms with Crippen LogP contribution in [-0.2, 0) is 11.3 Å². The van der Waals surface area contributed by atoms with E-state index in [1.165, 1.54) is 12.0 Å². The number of guanidine groups is 1. The molecule has 30 heavy (non-hydrogen) atoms. The molecule has 0 spiro atoms. The predicted octanol–water partition coefficient (Wildman–Crippen LogP) is 3.08. The number of nitrogens with one attached hydrogen (secondary N) is 2. The zero-order valence-corrected chi connectivity index (χ0v) is 21.0. The van der Waals surface area contributed by atoms with Gasteiger partial charge in [0.15, 0.2) is 5.96 Å². The Bertz CT molecular complexity index is 683. The second-order valence-electron chi connectivity index (χ2n) is 8.41. The number of hydrogen-bond acceptors (Lipinski definition) is 3. The van der Waals surface area contributed by atoms with E-state index < -0.39 is 0 Å². The Hall–Kier alpha value is -1.35. The lowest BCUT2D eigenvalue weighted by Gasteiger charge is -2.21. The molecule has 1 aromatic carbocycles. The molecule has 2 aliphatic rings. The molecule has 2 aliphatic heterocycles. The molecule has 6 nitrogen and oxygen atoms in total. The van der Waals surface area contributed by atoms with Crippen molar-refractivity contribution in [3.05, 3.63) is 35.9 Å². The van der Waals surface area contributed by atoms with Gasteiger partial charge in [0.2, 0.25) is 5.91 Å². The summed E-state index contributed by atoms with van der Waals surface area (Å²) in [4.78, 5) is 21.3. The number of nitrogens with zero attached hydrogens (tertiary/aromatic N) is 3. The van der Waals surface area contributed by atoms with E-state index in [0.29, 0.717) is 24.4 Å². The lowest BCUT2D eigenvalue weighted by Crippen LogP contribution is -2.45. The van der Waals surface area contributed by atoms with Crippen LogP contribution in [0.25, 0.3) is 0 Å². The van der Waals surface area contributed by atoms with Crippen LogP contribution < -0.4 is 10.6 Å². The van der Waals surface area contributed by atoms with Crippen LogP contribution in [0.4, 0.5) is 0 Å². The Kier molecular flexibility index (Phi) is 10.4. The van der Waals surface area contributed by atoms with Gasteiger partial charge >= 0.3 is 0 Å². The molecular formula is C23H38IN5O. The summed E-state index contributed by atoms with van der Waals surface area (Å²) in [5.74, 6) is 1.72. The minimum absolute atomic E-state index is 0. The summed E-state index contributed by atoms with van der Waals surface area (Å²) < 4.78 is 0. The monoisotopic (exact) mass is 527 g/mol. The topological polar surface area (TPSA) is 60.0 Å². The van der Waals surface area contributed by atoms with Crippen LogP contribution in [0.5, 0.6) is 0 Å². The van der Waals surface area contributed by atoms with Crippen LogP contribution in [0.1, 0.15) is 45.6 Å². The quantitative estimate of drug-likeness (QED) is 0.325. The van der Waals surface area contributed by atoms with Gasteiger partial charge in [-0.15, -0.1) is 24.0 Å². The molecule has 3 rings (SSSR count). The third-order valence-electron chi connectivity index (χ3n) is 6.06. The number of rotatable bonds is 7. The zero-order valence-electron chi connectivity index (χ0n) is 18.6. The SMILES string of the molecule is CCNC(=NCC1CC(C)N(Cc2ccccc2)C1)NC1CCN(C(=O)CC)C1.I. The second kappa shape index (κ2) is 12.5. The number of hydrogen-bond donors (Lipinski definition) is 2. The van der Waals surface area contributed by atoms with Crippen LogP contribution in [0.3, 0.4) is 0 Å². The van der Waals surface area contributed by atoms with Crippen molar-refractivity contribution < 1.29 is 4.79 Å². The van der Waals surface area contributed by atoms with Gasteiger partial charge in [-0.1, -0.05) is 37.3 Å². The summed E-state index contributed by atoms with van der Waals surface area (Å²) in [5, 5.41) is 6.92. The first kappa shape index (κ1) is 24.9. The molecule has 2 heterocycles. The molecule has 3 unspecified atom stereocenters. The summed E-state index contributed by atoms with van der Waals surface area (Å²) in [6.07, 6.45) is 2.76. The lowest BCUT2D eigenvalue weighted by molar-refractivity contribution is -0.129. The fourth-order valence-electron chi connectivity index (χ4n) is 4.45. The van der Waals surface area contributed by atoms with Gasteiger partial charge in [0.25, 0.3) is 0 Å². The Morgan fingerprint density at radius 3 is 2.67 bits per heavy atom. The molecule has 7 heteroatoms. The maximum atomic E-state index is 11.9. The van der Waals surface area contributed by atoms with Gasteiger partial charge in [-0.2, -0.15) is 0 Å². The number of likely N-dealkylation sites (tertiary alicyclic amines) is 2. The maximum Gasteiger partial charge on any atom is 0.222 e. The summed E-state index contributed by atoms with van der Waals surface area (Å²) in [7, 11) is 0. The van der Waals surface area contributed by atoms with Gasteiger partial charge in [-0.25, -0.2) is 0 Å². The van der Waals surface area contributed by atoms with Crippen molar-refractivity contribution in [3.63, 3.8) is 0 Å². The van der Waals surface area contributed by atoms with E-state index in [1.807, 2.05) is 11.8 Å². The summed E-state index contributed by atoms with van der Waals surface area (Å²) >= 11 is 0.